The first-order chi connectivity index (χ1) is 9.02. The molecule has 0 saturated carbocycles. The predicted octanol–water partition coefficient (Wildman–Crippen LogP) is 3.71. The third kappa shape index (κ3) is 4.22. The van der Waals surface area contributed by atoms with Gasteiger partial charge in [-0.3, -0.25) is 0 Å². The molecule has 7 heteroatoms. The molecule has 0 amide bonds. The Kier molecular flexibility index (Phi) is 4.39. The molecule has 2 aromatic rings. The molecule has 19 heavy (non-hydrogen) atoms. The Bertz CT molecular complexity index is 540. The van der Waals surface area contributed by atoms with Gasteiger partial charge in [-0.2, -0.15) is 15.0 Å². The average Bonchev–Trinajstić information content (AvgIpc) is 2.29. The highest BCUT2D eigenvalue weighted by atomic mass is 35.5. The van der Waals surface area contributed by atoms with Gasteiger partial charge in [-0.25, -0.2) is 0 Å². The van der Waals surface area contributed by atoms with E-state index in [2.05, 4.69) is 20.3 Å². The first-order valence-electron chi connectivity index (χ1n) is 5.64. The van der Waals surface area contributed by atoms with Crippen LogP contribution < -0.4 is 10.1 Å². The summed E-state index contributed by atoms with van der Waals surface area (Å²) < 4.78 is 5.55. The van der Waals surface area contributed by atoms with Gasteiger partial charge < -0.3 is 10.1 Å². The SMILES string of the molecule is CC(C)Oc1ccc(Nc2nc(Cl)nc(Cl)n2)cc1. The van der Waals surface area contributed by atoms with Crippen molar-refractivity contribution in [1.82, 2.24) is 15.0 Å². The minimum atomic E-state index is 0.0438. The van der Waals surface area contributed by atoms with E-state index in [1.807, 2.05) is 38.1 Å². The van der Waals surface area contributed by atoms with Crippen LogP contribution in [0.15, 0.2) is 24.3 Å². The molecular formula is C12H12Cl2N4O. The second kappa shape index (κ2) is 6.04. The van der Waals surface area contributed by atoms with E-state index in [0.717, 1.165) is 11.4 Å². The summed E-state index contributed by atoms with van der Waals surface area (Å²) in [5.74, 6) is 1.09. The summed E-state index contributed by atoms with van der Waals surface area (Å²) in [4.78, 5) is 11.5. The van der Waals surface area contributed by atoms with Gasteiger partial charge in [-0.1, -0.05) is 0 Å². The molecule has 0 spiro atoms. The molecule has 0 unspecified atom stereocenters. The van der Waals surface area contributed by atoms with E-state index in [4.69, 9.17) is 27.9 Å². The normalized spacial score (nSPS) is 10.6. The molecule has 0 fully saturated rings. The summed E-state index contributed by atoms with van der Waals surface area (Å²) in [6, 6.07) is 7.41. The number of benzene rings is 1. The molecule has 0 aliphatic rings. The number of nitrogens with one attached hydrogen (secondary N) is 1. The topological polar surface area (TPSA) is 59.9 Å². The molecule has 0 radical (unpaired) electrons. The van der Waals surface area contributed by atoms with Crippen molar-refractivity contribution < 1.29 is 4.74 Å². The van der Waals surface area contributed by atoms with Crippen molar-refractivity contribution in [3.8, 4) is 5.75 Å². The smallest absolute Gasteiger partial charge is 0.232 e. The Hall–Kier alpha value is -1.59. The maximum absolute atomic E-state index is 5.69. The molecular weight excluding hydrogens is 287 g/mol. The average molecular weight is 299 g/mol. The van der Waals surface area contributed by atoms with Gasteiger partial charge in [0.05, 0.1) is 6.10 Å². The standard InChI is InChI=1S/C12H12Cl2N4O/c1-7(2)19-9-5-3-8(4-6-9)15-12-17-10(13)16-11(14)18-12/h3-7H,1-2H3,(H,15,16,17,18). The van der Waals surface area contributed by atoms with Crippen LogP contribution in [0.2, 0.25) is 10.6 Å². The van der Waals surface area contributed by atoms with Crippen LogP contribution in [0.3, 0.4) is 0 Å². The van der Waals surface area contributed by atoms with E-state index >= 15 is 0 Å². The van der Waals surface area contributed by atoms with E-state index in [-0.39, 0.29) is 16.7 Å². The van der Waals surface area contributed by atoms with Crippen LogP contribution in [0.4, 0.5) is 11.6 Å². The minimum absolute atomic E-state index is 0.0438. The maximum atomic E-state index is 5.69. The van der Waals surface area contributed by atoms with Gasteiger partial charge in [-0.05, 0) is 61.3 Å². The molecule has 1 heterocycles. The highest BCUT2D eigenvalue weighted by molar-refractivity contribution is 6.31. The van der Waals surface area contributed by atoms with E-state index in [1.54, 1.807) is 0 Å². The third-order valence-electron chi connectivity index (χ3n) is 2.06. The molecule has 0 aliphatic heterocycles. The van der Waals surface area contributed by atoms with E-state index in [0.29, 0.717) is 5.95 Å². The summed E-state index contributed by atoms with van der Waals surface area (Å²) in [6.07, 6.45) is 0.139. The fourth-order valence-corrected chi connectivity index (χ4v) is 1.76. The Balaban J connectivity index is 2.10. The van der Waals surface area contributed by atoms with Gasteiger partial charge in [0.1, 0.15) is 5.75 Å². The Labute approximate surface area is 121 Å². The zero-order valence-corrected chi connectivity index (χ0v) is 11.9. The van der Waals surface area contributed by atoms with Crippen molar-refractivity contribution in [3.05, 3.63) is 34.8 Å². The second-order valence-corrected chi connectivity index (χ2v) is 4.69. The number of hydrogen-bond acceptors (Lipinski definition) is 5. The van der Waals surface area contributed by atoms with Crippen LogP contribution in [0.25, 0.3) is 0 Å². The fraction of sp³-hybridized carbons (Fsp3) is 0.250. The van der Waals surface area contributed by atoms with Crippen molar-refractivity contribution in [1.29, 1.82) is 0 Å². The van der Waals surface area contributed by atoms with Crippen LogP contribution >= 0.6 is 23.2 Å². The molecule has 0 aliphatic carbocycles. The summed E-state index contributed by atoms with van der Waals surface area (Å²) in [5.41, 5.74) is 0.800. The zero-order chi connectivity index (χ0) is 13.8. The van der Waals surface area contributed by atoms with Gasteiger partial charge in [0.25, 0.3) is 0 Å². The van der Waals surface area contributed by atoms with Crippen LogP contribution in [0.5, 0.6) is 5.75 Å². The number of hydrogen-bond donors (Lipinski definition) is 1. The van der Waals surface area contributed by atoms with Crippen molar-refractivity contribution >= 4 is 34.8 Å². The number of anilines is 2. The number of rotatable bonds is 4. The highest BCUT2D eigenvalue weighted by Gasteiger charge is 2.04. The van der Waals surface area contributed by atoms with Crippen LogP contribution in [0, 0.1) is 0 Å². The van der Waals surface area contributed by atoms with Crippen molar-refractivity contribution in [2.75, 3.05) is 5.32 Å². The summed E-state index contributed by atoms with van der Waals surface area (Å²) >= 11 is 11.4. The van der Waals surface area contributed by atoms with Gasteiger partial charge in [0.2, 0.25) is 16.5 Å². The Morgan fingerprint density at radius 3 is 2.11 bits per heavy atom. The molecule has 1 aromatic carbocycles. The fourth-order valence-electron chi connectivity index (χ4n) is 1.40. The Morgan fingerprint density at radius 2 is 1.58 bits per heavy atom. The second-order valence-electron chi connectivity index (χ2n) is 4.01. The van der Waals surface area contributed by atoms with E-state index in [9.17, 15) is 0 Å². The molecule has 100 valence electrons. The number of halogens is 2. The molecule has 1 N–H and O–H groups in total. The van der Waals surface area contributed by atoms with Gasteiger partial charge in [0.15, 0.2) is 0 Å². The summed E-state index contributed by atoms with van der Waals surface area (Å²) in [6.45, 7) is 3.95. The predicted molar refractivity (Wildman–Crippen MR) is 75.3 cm³/mol. The molecule has 0 atom stereocenters. The Morgan fingerprint density at radius 1 is 1.00 bits per heavy atom. The van der Waals surface area contributed by atoms with Gasteiger partial charge in [0, 0.05) is 5.69 Å². The molecule has 5 nitrogen and oxygen atoms in total. The lowest BCUT2D eigenvalue weighted by molar-refractivity contribution is 0.242. The van der Waals surface area contributed by atoms with Crippen LogP contribution in [-0.2, 0) is 0 Å². The molecule has 0 bridgehead atoms. The molecule has 1 aromatic heterocycles. The molecule has 2 rings (SSSR count). The van der Waals surface area contributed by atoms with Crippen molar-refractivity contribution in [2.45, 2.75) is 20.0 Å². The summed E-state index contributed by atoms with van der Waals surface area (Å²) in [5, 5.41) is 3.07. The third-order valence-corrected chi connectivity index (χ3v) is 2.40. The van der Waals surface area contributed by atoms with E-state index < -0.39 is 0 Å². The first-order valence-corrected chi connectivity index (χ1v) is 6.39. The quantitative estimate of drug-likeness (QED) is 0.932. The minimum Gasteiger partial charge on any atom is -0.491 e. The number of ether oxygens (including phenoxy) is 1. The monoisotopic (exact) mass is 298 g/mol. The van der Waals surface area contributed by atoms with Gasteiger partial charge >= 0.3 is 0 Å². The lowest BCUT2D eigenvalue weighted by Crippen LogP contribution is -2.05. The highest BCUT2D eigenvalue weighted by Crippen LogP contribution is 2.20. The van der Waals surface area contributed by atoms with Crippen molar-refractivity contribution in [3.63, 3.8) is 0 Å². The lowest BCUT2D eigenvalue weighted by Gasteiger charge is -2.10. The maximum Gasteiger partial charge on any atom is 0.232 e. The number of nitrogens with zero attached hydrogens (tertiary/aromatic N) is 3. The van der Waals surface area contributed by atoms with Crippen LogP contribution in [-0.4, -0.2) is 21.1 Å². The number of aromatic nitrogens is 3. The van der Waals surface area contributed by atoms with Crippen molar-refractivity contribution in [2.24, 2.45) is 0 Å². The lowest BCUT2D eigenvalue weighted by atomic mass is 10.3. The largest absolute Gasteiger partial charge is 0.491 e. The zero-order valence-electron chi connectivity index (χ0n) is 10.4. The summed E-state index contributed by atoms with van der Waals surface area (Å²) in [7, 11) is 0. The molecule has 0 saturated heterocycles. The van der Waals surface area contributed by atoms with E-state index in [1.165, 1.54) is 0 Å². The first kappa shape index (κ1) is 13.8. The van der Waals surface area contributed by atoms with Gasteiger partial charge in [-0.15, -0.1) is 0 Å². The van der Waals surface area contributed by atoms with Crippen LogP contribution in [0.1, 0.15) is 13.8 Å².